The fourth-order valence-electron chi connectivity index (χ4n) is 2.93. The molecule has 1 saturated heterocycles. The zero-order valence-electron chi connectivity index (χ0n) is 13.5. The van der Waals surface area contributed by atoms with Crippen LogP contribution in [0.25, 0.3) is 0 Å². The van der Waals surface area contributed by atoms with Crippen LogP contribution in [0.5, 0.6) is 0 Å². The lowest BCUT2D eigenvalue weighted by Gasteiger charge is -2.24. The van der Waals surface area contributed by atoms with E-state index in [-0.39, 0.29) is 17.5 Å². The second kappa shape index (κ2) is 7.20. The fraction of sp³-hybridized carbons (Fsp3) is 0.333. The molecule has 1 atom stereocenters. The van der Waals surface area contributed by atoms with Gasteiger partial charge in [-0.1, -0.05) is 29.8 Å². The van der Waals surface area contributed by atoms with Crippen molar-refractivity contribution >= 4 is 17.5 Å². The topological polar surface area (TPSA) is 54.3 Å². The monoisotopic (exact) mass is 345 g/mol. The minimum atomic E-state index is -0.156. The van der Waals surface area contributed by atoms with Crippen molar-refractivity contribution in [1.29, 1.82) is 0 Å². The molecule has 24 heavy (non-hydrogen) atoms. The molecule has 0 radical (unpaired) electrons. The van der Waals surface area contributed by atoms with Crippen LogP contribution < -0.4 is 10.9 Å². The zero-order valence-corrected chi connectivity index (χ0v) is 14.3. The van der Waals surface area contributed by atoms with Crippen LogP contribution in [-0.4, -0.2) is 41.6 Å². The van der Waals surface area contributed by atoms with Gasteiger partial charge in [0.15, 0.2) is 0 Å². The van der Waals surface area contributed by atoms with E-state index in [0.717, 1.165) is 25.1 Å². The van der Waals surface area contributed by atoms with Crippen molar-refractivity contribution in [2.24, 2.45) is 0 Å². The molecule has 0 saturated carbocycles. The molecular weight excluding hydrogens is 326 g/mol. The number of benzene rings is 1. The Labute approximate surface area is 145 Å². The first kappa shape index (κ1) is 16.7. The standard InChI is InChI=1S/C18H20ClN3O2/c1-21(15-8-9-20-10-15)18(24)14-6-7-17(23)22(12-14)11-13-4-2-3-5-16(13)19/h2-7,12,15,20H,8-11H2,1H3/t15-/m0/s1. The lowest BCUT2D eigenvalue weighted by atomic mass is 10.1. The predicted molar refractivity (Wildman–Crippen MR) is 94.6 cm³/mol. The number of carbonyl (C=O) groups excluding carboxylic acids is 1. The summed E-state index contributed by atoms with van der Waals surface area (Å²) in [4.78, 5) is 26.5. The number of carbonyl (C=O) groups is 1. The molecule has 1 fully saturated rings. The lowest BCUT2D eigenvalue weighted by Crippen LogP contribution is -2.38. The van der Waals surface area contributed by atoms with E-state index in [9.17, 15) is 9.59 Å². The summed E-state index contributed by atoms with van der Waals surface area (Å²) in [6.45, 7) is 2.07. The van der Waals surface area contributed by atoms with Gasteiger partial charge in [-0.15, -0.1) is 0 Å². The molecule has 0 aliphatic carbocycles. The van der Waals surface area contributed by atoms with E-state index in [1.165, 1.54) is 10.6 Å². The Hall–Kier alpha value is -2.11. The maximum Gasteiger partial charge on any atom is 0.255 e. The van der Waals surface area contributed by atoms with Gasteiger partial charge in [-0.3, -0.25) is 9.59 Å². The highest BCUT2D eigenvalue weighted by Crippen LogP contribution is 2.16. The molecule has 1 aromatic carbocycles. The molecule has 126 valence electrons. The van der Waals surface area contributed by atoms with Crippen LogP contribution in [0, 0.1) is 0 Å². The summed E-state index contributed by atoms with van der Waals surface area (Å²) in [5, 5.41) is 3.86. The van der Waals surface area contributed by atoms with Crippen LogP contribution in [0.3, 0.4) is 0 Å². The van der Waals surface area contributed by atoms with E-state index in [4.69, 9.17) is 11.6 Å². The third-order valence-corrected chi connectivity index (χ3v) is 4.80. The number of hydrogen-bond acceptors (Lipinski definition) is 3. The lowest BCUT2D eigenvalue weighted by molar-refractivity contribution is 0.0743. The Morgan fingerprint density at radius 3 is 2.83 bits per heavy atom. The van der Waals surface area contributed by atoms with Crippen molar-refractivity contribution in [2.75, 3.05) is 20.1 Å². The average molecular weight is 346 g/mol. The Morgan fingerprint density at radius 1 is 1.33 bits per heavy atom. The highest BCUT2D eigenvalue weighted by Gasteiger charge is 2.24. The minimum Gasteiger partial charge on any atom is -0.337 e. The predicted octanol–water partition coefficient (Wildman–Crippen LogP) is 1.98. The van der Waals surface area contributed by atoms with Crippen LogP contribution in [0.4, 0.5) is 0 Å². The first-order valence-electron chi connectivity index (χ1n) is 7.98. The normalized spacial score (nSPS) is 17.0. The zero-order chi connectivity index (χ0) is 17.1. The van der Waals surface area contributed by atoms with E-state index >= 15 is 0 Å². The van der Waals surface area contributed by atoms with Gasteiger partial charge in [-0.05, 0) is 30.7 Å². The van der Waals surface area contributed by atoms with Crippen molar-refractivity contribution in [3.63, 3.8) is 0 Å². The van der Waals surface area contributed by atoms with Gasteiger partial charge in [0.1, 0.15) is 0 Å². The van der Waals surface area contributed by atoms with E-state index in [2.05, 4.69) is 5.32 Å². The van der Waals surface area contributed by atoms with E-state index in [1.54, 1.807) is 23.2 Å². The van der Waals surface area contributed by atoms with Gasteiger partial charge in [0.25, 0.3) is 11.5 Å². The summed E-state index contributed by atoms with van der Waals surface area (Å²) >= 11 is 6.17. The van der Waals surface area contributed by atoms with Crippen LogP contribution in [0.1, 0.15) is 22.3 Å². The maximum atomic E-state index is 12.7. The van der Waals surface area contributed by atoms with Crippen LogP contribution >= 0.6 is 11.6 Å². The number of rotatable bonds is 4. The molecule has 1 N–H and O–H groups in total. The molecule has 3 rings (SSSR count). The smallest absolute Gasteiger partial charge is 0.255 e. The third kappa shape index (κ3) is 3.52. The second-order valence-corrected chi connectivity index (χ2v) is 6.45. The molecule has 1 aliphatic rings. The van der Waals surface area contributed by atoms with Crippen molar-refractivity contribution in [1.82, 2.24) is 14.8 Å². The number of halogens is 1. The van der Waals surface area contributed by atoms with Gasteiger partial charge in [0, 0.05) is 36.9 Å². The highest BCUT2D eigenvalue weighted by atomic mass is 35.5. The van der Waals surface area contributed by atoms with Crippen LogP contribution in [0.15, 0.2) is 47.4 Å². The largest absolute Gasteiger partial charge is 0.337 e. The molecule has 5 nitrogen and oxygen atoms in total. The quantitative estimate of drug-likeness (QED) is 0.922. The van der Waals surface area contributed by atoms with Gasteiger partial charge in [0.2, 0.25) is 0 Å². The van der Waals surface area contributed by atoms with Gasteiger partial charge in [-0.2, -0.15) is 0 Å². The van der Waals surface area contributed by atoms with Crippen molar-refractivity contribution in [2.45, 2.75) is 19.0 Å². The third-order valence-electron chi connectivity index (χ3n) is 4.43. The van der Waals surface area contributed by atoms with Crippen LogP contribution in [-0.2, 0) is 6.54 Å². The molecule has 2 aromatic rings. The van der Waals surface area contributed by atoms with E-state index < -0.39 is 0 Å². The molecule has 0 spiro atoms. The number of hydrogen-bond donors (Lipinski definition) is 1. The van der Waals surface area contributed by atoms with E-state index in [1.807, 2.05) is 25.2 Å². The van der Waals surface area contributed by atoms with Gasteiger partial charge < -0.3 is 14.8 Å². The van der Waals surface area contributed by atoms with Gasteiger partial charge in [0.05, 0.1) is 12.1 Å². The molecule has 1 aliphatic heterocycles. The Kier molecular flexibility index (Phi) is 5.02. The van der Waals surface area contributed by atoms with Crippen molar-refractivity contribution < 1.29 is 4.79 Å². The Balaban J connectivity index is 1.84. The number of likely N-dealkylation sites (N-methyl/N-ethyl adjacent to an activating group) is 1. The van der Waals surface area contributed by atoms with Crippen molar-refractivity contribution in [3.8, 4) is 0 Å². The Bertz CT molecular complexity index is 797. The fourth-order valence-corrected chi connectivity index (χ4v) is 3.13. The number of amides is 1. The molecule has 1 amide bonds. The van der Waals surface area contributed by atoms with Crippen molar-refractivity contribution in [3.05, 3.63) is 69.1 Å². The summed E-state index contributed by atoms with van der Waals surface area (Å²) in [5.41, 5.74) is 1.20. The second-order valence-electron chi connectivity index (χ2n) is 6.04. The summed E-state index contributed by atoms with van der Waals surface area (Å²) in [5.74, 6) is -0.0726. The first-order chi connectivity index (χ1) is 11.6. The molecule has 0 unspecified atom stereocenters. The number of nitrogens with zero attached hydrogens (tertiary/aromatic N) is 2. The Morgan fingerprint density at radius 2 is 2.12 bits per heavy atom. The van der Waals surface area contributed by atoms with Gasteiger partial charge in [-0.25, -0.2) is 0 Å². The average Bonchev–Trinajstić information content (AvgIpc) is 3.12. The number of pyridine rings is 1. The summed E-state index contributed by atoms with van der Waals surface area (Å²) < 4.78 is 1.52. The molecule has 6 heteroatoms. The summed E-state index contributed by atoms with van der Waals surface area (Å²) in [6, 6.07) is 10.6. The molecular formula is C18H20ClN3O2. The minimum absolute atomic E-state index is 0.0726. The SMILES string of the molecule is CN(C(=O)c1ccc(=O)n(Cc2ccccc2Cl)c1)[C@H]1CCNC1. The van der Waals surface area contributed by atoms with E-state index in [0.29, 0.717) is 17.1 Å². The maximum absolute atomic E-state index is 12.7. The molecule has 2 heterocycles. The number of nitrogens with one attached hydrogen (secondary N) is 1. The van der Waals surface area contributed by atoms with Gasteiger partial charge >= 0.3 is 0 Å². The first-order valence-corrected chi connectivity index (χ1v) is 8.36. The summed E-state index contributed by atoms with van der Waals surface area (Å²) in [6.07, 6.45) is 2.56. The molecule has 1 aromatic heterocycles. The van der Waals surface area contributed by atoms with Crippen LogP contribution in [0.2, 0.25) is 5.02 Å². The summed E-state index contributed by atoms with van der Waals surface area (Å²) in [7, 11) is 1.81. The highest BCUT2D eigenvalue weighted by molar-refractivity contribution is 6.31. The number of aromatic nitrogens is 1. The molecule has 0 bridgehead atoms.